The number of nitrogens with zero attached hydrogens (tertiary/aromatic N) is 3. The molecule has 4 rings (SSSR count). The molecule has 1 saturated heterocycles. The van der Waals surface area contributed by atoms with Gasteiger partial charge >= 0.3 is 0 Å². The highest BCUT2D eigenvalue weighted by Crippen LogP contribution is 2.28. The number of carbonyl (C=O) groups is 1. The van der Waals surface area contributed by atoms with Gasteiger partial charge in [-0.3, -0.25) is 14.2 Å². The Hall–Kier alpha value is -2.95. The van der Waals surface area contributed by atoms with Crippen LogP contribution in [0.3, 0.4) is 0 Å². The molecule has 1 aromatic heterocycles. The minimum absolute atomic E-state index is 0.0401. The van der Waals surface area contributed by atoms with Crippen molar-refractivity contribution in [1.82, 2.24) is 14.5 Å². The van der Waals surface area contributed by atoms with E-state index in [1.807, 2.05) is 29.2 Å². The zero-order valence-electron chi connectivity index (χ0n) is 16.0. The fourth-order valence-corrected chi connectivity index (χ4v) is 4.01. The summed E-state index contributed by atoms with van der Waals surface area (Å²) < 4.78 is 1.61. The molecule has 0 atom stereocenters. The smallest absolute Gasteiger partial charge is 0.261 e. The number of benzene rings is 2. The molecule has 0 spiro atoms. The average molecular weight is 375 g/mol. The number of amides is 1. The zero-order valence-corrected chi connectivity index (χ0v) is 16.0. The minimum atomic E-state index is -0.0401. The van der Waals surface area contributed by atoms with E-state index >= 15 is 0 Å². The third-order valence-electron chi connectivity index (χ3n) is 5.64. The zero-order chi connectivity index (χ0) is 19.3. The summed E-state index contributed by atoms with van der Waals surface area (Å²) in [4.78, 5) is 31.4. The predicted molar refractivity (Wildman–Crippen MR) is 110 cm³/mol. The quantitative estimate of drug-likeness (QED) is 0.685. The molecule has 0 unspecified atom stereocenters. The Balaban J connectivity index is 1.29. The molecular weight excluding hydrogens is 350 g/mol. The normalized spacial score (nSPS) is 15.1. The first-order chi connectivity index (χ1) is 13.7. The lowest BCUT2D eigenvalue weighted by Gasteiger charge is -2.32. The number of fused-ring (bicyclic) bond motifs is 1. The van der Waals surface area contributed by atoms with Gasteiger partial charge in [-0.1, -0.05) is 42.5 Å². The second kappa shape index (κ2) is 8.38. The molecule has 5 heteroatoms. The van der Waals surface area contributed by atoms with E-state index in [9.17, 15) is 9.59 Å². The molecule has 1 fully saturated rings. The number of aryl methyl sites for hydroxylation is 1. The van der Waals surface area contributed by atoms with Gasteiger partial charge in [-0.05, 0) is 42.9 Å². The first-order valence-corrected chi connectivity index (χ1v) is 9.99. The van der Waals surface area contributed by atoms with Gasteiger partial charge in [0, 0.05) is 26.1 Å². The van der Waals surface area contributed by atoms with E-state index in [1.165, 1.54) is 5.56 Å². The van der Waals surface area contributed by atoms with Crippen LogP contribution in [0.4, 0.5) is 0 Å². The van der Waals surface area contributed by atoms with Crippen molar-refractivity contribution in [3.8, 4) is 0 Å². The van der Waals surface area contributed by atoms with Crippen LogP contribution in [0.25, 0.3) is 10.9 Å². The van der Waals surface area contributed by atoms with E-state index in [0.717, 1.165) is 25.9 Å². The first kappa shape index (κ1) is 18.4. The van der Waals surface area contributed by atoms with Gasteiger partial charge in [-0.25, -0.2) is 4.98 Å². The Labute approximate surface area is 164 Å². The van der Waals surface area contributed by atoms with E-state index in [4.69, 9.17) is 0 Å². The molecule has 0 aliphatic carbocycles. The lowest BCUT2D eigenvalue weighted by molar-refractivity contribution is -0.132. The maximum absolute atomic E-state index is 12.6. The summed E-state index contributed by atoms with van der Waals surface area (Å²) in [6.45, 7) is 2.15. The maximum atomic E-state index is 12.6. The Morgan fingerprint density at radius 3 is 2.50 bits per heavy atom. The van der Waals surface area contributed by atoms with Crippen LogP contribution in [0.5, 0.6) is 0 Å². The molecule has 0 N–H and O–H groups in total. The lowest BCUT2D eigenvalue weighted by Crippen LogP contribution is -2.38. The number of aromatic nitrogens is 2. The summed E-state index contributed by atoms with van der Waals surface area (Å²) in [5.74, 6) is 0.737. The van der Waals surface area contributed by atoms with Crippen molar-refractivity contribution >= 4 is 16.8 Å². The van der Waals surface area contributed by atoms with Crippen LogP contribution < -0.4 is 5.56 Å². The summed E-state index contributed by atoms with van der Waals surface area (Å²) in [6, 6.07) is 17.9. The van der Waals surface area contributed by atoms with E-state index < -0.39 is 0 Å². The molecule has 0 bridgehead atoms. The van der Waals surface area contributed by atoms with Crippen LogP contribution in [0.15, 0.2) is 65.7 Å². The summed E-state index contributed by atoms with van der Waals surface area (Å²) in [7, 11) is 0. The van der Waals surface area contributed by atoms with Crippen LogP contribution in [-0.2, 0) is 11.3 Å². The summed E-state index contributed by atoms with van der Waals surface area (Å²) in [6.07, 6.45) is 4.74. The Morgan fingerprint density at radius 1 is 1.00 bits per heavy atom. The number of piperidine rings is 1. The van der Waals surface area contributed by atoms with E-state index in [-0.39, 0.29) is 11.5 Å². The second-order valence-electron chi connectivity index (χ2n) is 7.43. The highest BCUT2D eigenvalue weighted by atomic mass is 16.2. The number of hydrogen-bond donors (Lipinski definition) is 0. The third-order valence-corrected chi connectivity index (χ3v) is 5.64. The van der Waals surface area contributed by atoms with Gasteiger partial charge in [-0.2, -0.15) is 0 Å². The van der Waals surface area contributed by atoms with E-state index in [2.05, 4.69) is 29.2 Å². The molecule has 3 aromatic rings. The van der Waals surface area contributed by atoms with Crippen LogP contribution in [-0.4, -0.2) is 33.4 Å². The molecule has 1 aliphatic heterocycles. The lowest BCUT2D eigenvalue weighted by atomic mass is 9.89. The highest BCUT2D eigenvalue weighted by Gasteiger charge is 2.23. The topological polar surface area (TPSA) is 55.2 Å². The third kappa shape index (κ3) is 3.98. The van der Waals surface area contributed by atoms with Gasteiger partial charge in [-0.15, -0.1) is 0 Å². The van der Waals surface area contributed by atoms with Crippen molar-refractivity contribution in [3.63, 3.8) is 0 Å². The number of carbonyl (C=O) groups excluding carboxylic acids is 1. The van der Waals surface area contributed by atoms with Crippen molar-refractivity contribution < 1.29 is 4.79 Å². The summed E-state index contributed by atoms with van der Waals surface area (Å²) >= 11 is 0. The van der Waals surface area contributed by atoms with Gasteiger partial charge in [0.2, 0.25) is 5.91 Å². The number of likely N-dealkylation sites (tertiary alicyclic amines) is 1. The molecule has 1 amide bonds. The van der Waals surface area contributed by atoms with Gasteiger partial charge in [0.1, 0.15) is 0 Å². The van der Waals surface area contributed by atoms with Crippen molar-refractivity contribution in [2.24, 2.45) is 0 Å². The Bertz CT molecular complexity index is 1010. The molecular formula is C23H25N3O2. The number of hydrogen-bond acceptors (Lipinski definition) is 3. The monoisotopic (exact) mass is 375 g/mol. The second-order valence-corrected chi connectivity index (χ2v) is 7.43. The summed E-state index contributed by atoms with van der Waals surface area (Å²) in [5, 5.41) is 0.624. The fraction of sp³-hybridized carbons (Fsp3) is 0.348. The first-order valence-electron chi connectivity index (χ1n) is 9.99. The van der Waals surface area contributed by atoms with Crippen LogP contribution >= 0.6 is 0 Å². The number of rotatable bonds is 5. The van der Waals surface area contributed by atoms with E-state index in [1.54, 1.807) is 17.0 Å². The van der Waals surface area contributed by atoms with Crippen LogP contribution in [0, 0.1) is 0 Å². The van der Waals surface area contributed by atoms with Gasteiger partial charge < -0.3 is 4.90 Å². The fourth-order valence-electron chi connectivity index (χ4n) is 4.01. The number of para-hydroxylation sites is 1. The van der Waals surface area contributed by atoms with Crippen molar-refractivity contribution in [3.05, 3.63) is 76.8 Å². The maximum Gasteiger partial charge on any atom is 0.261 e. The van der Waals surface area contributed by atoms with Gasteiger partial charge in [0.05, 0.1) is 17.2 Å². The van der Waals surface area contributed by atoms with Gasteiger partial charge in [0.15, 0.2) is 0 Å². The van der Waals surface area contributed by atoms with Crippen molar-refractivity contribution in [2.75, 3.05) is 13.1 Å². The Kier molecular flexibility index (Phi) is 5.51. The molecule has 2 heterocycles. The molecule has 0 saturated carbocycles. The standard InChI is InChI=1S/C23H25N3O2/c27-22(25-15-12-19(13-16-25)18-7-2-1-3-8-18)11-6-14-26-17-24-21-10-5-4-9-20(21)23(26)28/h1-5,7-10,17,19H,6,11-16H2. The average Bonchev–Trinajstić information content (AvgIpc) is 2.76. The summed E-state index contributed by atoms with van der Waals surface area (Å²) in [5.41, 5.74) is 2.04. The van der Waals surface area contributed by atoms with Crippen molar-refractivity contribution in [1.29, 1.82) is 0 Å². The van der Waals surface area contributed by atoms with E-state index in [0.29, 0.717) is 36.2 Å². The Morgan fingerprint density at radius 2 is 1.71 bits per heavy atom. The highest BCUT2D eigenvalue weighted by molar-refractivity contribution is 5.77. The largest absolute Gasteiger partial charge is 0.343 e. The molecule has 144 valence electrons. The molecule has 5 nitrogen and oxygen atoms in total. The predicted octanol–water partition coefficient (Wildman–Crippen LogP) is 3.58. The minimum Gasteiger partial charge on any atom is -0.343 e. The SMILES string of the molecule is O=C(CCCn1cnc2ccccc2c1=O)N1CCC(c2ccccc2)CC1. The van der Waals surface area contributed by atoms with Crippen molar-refractivity contribution in [2.45, 2.75) is 38.1 Å². The van der Waals surface area contributed by atoms with Crippen LogP contribution in [0.2, 0.25) is 0 Å². The van der Waals surface area contributed by atoms with Gasteiger partial charge in [0.25, 0.3) is 5.56 Å². The molecule has 28 heavy (non-hydrogen) atoms. The molecule has 0 radical (unpaired) electrons. The molecule has 1 aliphatic rings. The van der Waals surface area contributed by atoms with Crippen LogP contribution in [0.1, 0.15) is 37.2 Å². The molecule has 2 aromatic carbocycles.